The Morgan fingerprint density at radius 3 is 2.55 bits per heavy atom. The molecule has 3 aliphatic heterocycles. The van der Waals surface area contributed by atoms with Crippen molar-refractivity contribution in [2.45, 2.75) is 70.0 Å². The molecule has 0 unspecified atom stereocenters. The lowest BCUT2D eigenvalue weighted by Gasteiger charge is -2.28. The summed E-state index contributed by atoms with van der Waals surface area (Å²) in [6.07, 6.45) is -0.541. The molecule has 10 heteroatoms. The number of hydrogen-bond donors (Lipinski definition) is 0. The van der Waals surface area contributed by atoms with Crippen molar-refractivity contribution in [3.05, 3.63) is 11.8 Å². The van der Waals surface area contributed by atoms with Crippen molar-refractivity contribution in [1.82, 2.24) is 9.97 Å². The first-order valence-electron chi connectivity index (χ1n) is 10.1. The second-order valence-electron chi connectivity index (χ2n) is 8.29. The molecular weight excluding hydrogens is 408 g/mol. The smallest absolute Gasteiger partial charge is 0.319 e. The molecule has 1 aromatic heterocycles. The Balaban J connectivity index is 1.46. The number of fused-ring (bicyclic) bond motifs is 1. The van der Waals surface area contributed by atoms with Crippen LogP contribution in [0.1, 0.15) is 33.3 Å². The maximum atomic E-state index is 6.11. The van der Waals surface area contributed by atoms with Gasteiger partial charge in [-0.05, 0) is 27.7 Å². The van der Waals surface area contributed by atoms with Gasteiger partial charge < -0.3 is 37.9 Å². The highest BCUT2D eigenvalue weighted by atomic mass is 16.8. The molecule has 1 aromatic rings. The van der Waals surface area contributed by atoms with E-state index in [-0.39, 0.29) is 18.7 Å². The number of ether oxygens (including phenoxy) is 8. The Morgan fingerprint density at radius 2 is 1.87 bits per heavy atom. The Kier molecular flexibility index (Phi) is 6.09. The van der Waals surface area contributed by atoms with Crippen LogP contribution in [0.5, 0.6) is 11.9 Å². The molecule has 0 radical (unpaired) electrons. The third-order valence-electron chi connectivity index (χ3n) is 5.10. The van der Waals surface area contributed by atoms with Crippen LogP contribution in [0, 0.1) is 11.8 Å². The van der Waals surface area contributed by atoms with E-state index in [2.05, 4.69) is 21.8 Å². The summed E-state index contributed by atoms with van der Waals surface area (Å²) in [5, 5.41) is 0. The maximum absolute atomic E-state index is 6.11. The van der Waals surface area contributed by atoms with E-state index in [0.717, 1.165) is 0 Å². The molecule has 5 atom stereocenters. The largest absolute Gasteiger partial charge is 0.480 e. The monoisotopic (exact) mass is 436 g/mol. The van der Waals surface area contributed by atoms with E-state index in [1.165, 1.54) is 20.4 Å². The SMILES string of the molecule is COc1ncc(C#CCO[C@H]2[C@H]3OC(C)(C)O[C@H]3O[C@@H]2[C@H]2COC(C)(C)O2)c(OC)n1. The molecule has 0 N–H and O–H groups in total. The Labute approximate surface area is 181 Å². The van der Waals surface area contributed by atoms with Crippen LogP contribution in [0.25, 0.3) is 0 Å². The molecule has 0 amide bonds. The van der Waals surface area contributed by atoms with Gasteiger partial charge in [0, 0.05) is 0 Å². The van der Waals surface area contributed by atoms with E-state index in [1.54, 1.807) is 0 Å². The molecule has 31 heavy (non-hydrogen) atoms. The number of rotatable bonds is 5. The predicted molar refractivity (Wildman–Crippen MR) is 105 cm³/mol. The highest BCUT2D eigenvalue weighted by Gasteiger charge is 2.58. The zero-order valence-corrected chi connectivity index (χ0v) is 18.5. The lowest BCUT2D eigenvalue weighted by molar-refractivity contribution is -0.235. The number of nitrogens with zero attached hydrogens (tertiary/aromatic N) is 2. The molecule has 4 heterocycles. The Morgan fingerprint density at radius 1 is 1.06 bits per heavy atom. The zero-order valence-electron chi connectivity index (χ0n) is 18.5. The highest BCUT2D eigenvalue weighted by Crippen LogP contribution is 2.41. The fourth-order valence-electron chi connectivity index (χ4n) is 3.83. The molecule has 170 valence electrons. The fourth-order valence-corrected chi connectivity index (χ4v) is 3.83. The molecule has 3 aliphatic rings. The minimum absolute atomic E-state index is 0.129. The summed E-state index contributed by atoms with van der Waals surface area (Å²) in [5.41, 5.74) is 0.528. The minimum atomic E-state index is -0.756. The van der Waals surface area contributed by atoms with Crippen LogP contribution in [0.3, 0.4) is 0 Å². The number of aromatic nitrogens is 2. The van der Waals surface area contributed by atoms with E-state index in [0.29, 0.717) is 18.1 Å². The van der Waals surface area contributed by atoms with Crippen LogP contribution < -0.4 is 9.47 Å². The lowest BCUT2D eigenvalue weighted by atomic mass is 10.1. The van der Waals surface area contributed by atoms with Crippen LogP contribution in [0.15, 0.2) is 6.20 Å². The van der Waals surface area contributed by atoms with Gasteiger partial charge in [-0.2, -0.15) is 4.98 Å². The van der Waals surface area contributed by atoms with Crippen molar-refractivity contribution in [2.24, 2.45) is 0 Å². The summed E-state index contributed by atoms with van der Waals surface area (Å²) in [4.78, 5) is 8.17. The maximum Gasteiger partial charge on any atom is 0.319 e. The van der Waals surface area contributed by atoms with Crippen molar-refractivity contribution in [3.63, 3.8) is 0 Å². The minimum Gasteiger partial charge on any atom is -0.480 e. The van der Waals surface area contributed by atoms with Crippen molar-refractivity contribution in [1.29, 1.82) is 0 Å². The van der Waals surface area contributed by atoms with Gasteiger partial charge >= 0.3 is 6.01 Å². The van der Waals surface area contributed by atoms with Crippen LogP contribution in [-0.2, 0) is 28.4 Å². The van der Waals surface area contributed by atoms with E-state index in [9.17, 15) is 0 Å². The number of methoxy groups -OCH3 is 2. The summed E-state index contributed by atoms with van der Waals surface area (Å²) in [6.45, 7) is 7.94. The van der Waals surface area contributed by atoms with Gasteiger partial charge in [0.05, 0.1) is 27.0 Å². The average molecular weight is 436 g/mol. The van der Waals surface area contributed by atoms with Crippen molar-refractivity contribution in [2.75, 3.05) is 27.4 Å². The number of hydrogen-bond acceptors (Lipinski definition) is 10. The van der Waals surface area contributed by atoms with Crippen molar-refractivity contribution in [3.8, 4) is 23.7 Å². The van der Waals surface area contributed by atoms with Gasteiger partial charge in [-0.25, -0.2) is 4.98 Å². The van der Waals surface area contributed by atoms with Crippen molar-refractivity contribution < 1.29 is 37.9 Å². The van der Waals surface area contributed by atoms with Crippen LogP contribution in [0.2, 0.25) is 0 Å². The average Bonchev–Trinajstić information content (AvgIpc) is 3.34. The topological polar surface area (TPSA) is 99.6 Å². The molecule has 0 aliphatic carbocycles. The second-order valence-corrected chi connectivity index (χ2v) is 8.29. The first-order chi connectivity index (χ1) is 14.7. The van der Waals surface area contributed by atoms with E-state index < -0.39 is 36.2 Å². The van der Waals surface area contributed by atoms with Gasteiger partial charge in [-0.1, -0.05) is 11.8 Å². The van der Waals surface area contributed by atoms with Gasteiger partial charge in [0.15, 0.2) is 17.9 Å². The summed E-state index contributed by atoms with van der Waals surface area (Å²) >= 11 is 0. The van der Waals surface area contributed by atoms with Crippen molar-refractivity contribution >= 4 is 0 Å². The standard InChI is InChI=1S/C21H28N2O8/c1-20(2)27-11-13(29-20)14-15(16-18(28-14)31-21(3,4)30-16)26-9-7-8-12-10-22-19(25-6)23-17(12)24-5/h10,13-16,18H,9,11H2,1-6H3/t13-,14-,15-,16-,18-/m1/s1. The van der Waals surface area contributed by atoms with Crippen LogP contribution in [-0.4, -0.2) is 79.7 Å². The summed E-state index contributed by atoms with van der Waals surface area (Å²) in [7, 11) is 2.99. The summed E-state index contributed by atoms with van der Waals surface area (Å²) in [6, 6.07) is 0.207. The van der Waals surface area contributed by atoms with Gasteiger partial charge in [0.1, 0.15) is 36.6 Å². The van der Waals surface area contributed by atoms with Gasteiger partial charge in [-0.3, -0.25) is 0 Å². The van der Waals surface area contributed by atoms with Gasteiger partial charge in [0.25, 0.3) is 0 Å². The van der Waals surface area contributed by atoms with Gasteiger partial charge in [-0.15, -0.1) is 0 Å². The van der Waals surface area contributed by atoms with Gasteiger partial charge in [0.2, 0.25) is 5.88 Å². The highest BCUT2D eigenvalue weighted by molar-refractivity contribution is 5.40. The quantitative estimate of drug-likeness (QED) is 0.627. The Bertz CT molecular complexity index is 865. The summed E-state index contributed by atoms with van der Waals surface area (Å²) < 4.78 is 46.0. The van der Waals surface area contributed by atoms with E-state index >= 15 is 0 Å². The van der Waals surface area contributed by atoms with E-state index in [1.807, 2.05) is 27.7 Å². The first-order valence-corrected chi connectivity index (χ1v) is 10.1. The third-order valence-corrected chi connectivity index (χ3v) is 5.10. The predicted octanol–water partition coefficient (Wildman–Crippen LogP) is 1.26. The molecule has 3 saturated heterocycles. The lowest BCUT2D eigenvalue weighted by Crippen LogP contribution is -2.44. The Hall–Kier alpha value is -2.00. The van der Waals surface area contributed by atoms with E-state index in [4.69, 9.17) is 37.9 Å². The molecule has 3 fully saturated rings. The van der Waals surface area contributed by atoms with Crippen LogP contribution >= 0.6 is 0 Å². The molecule has 0 bridgehead atoms. The fraction of sp³-hybridized carbons (Fsp3) is 0.714. The zero-order chi connectivity index (χ0) is 22.2. The summed E-state index contributed by atoms with van der Waals surface area (Å²) in [5.74, 6) is 4.83. The van der Waals surface area contributed by atoms with Crippen LogP contribution in [0.4, 0.5) is 0 Å². The molecule has 0 spiro atoms. The molecule has 4 rings (SSSR count). The third kappa shape index (κ3) is 4.77. The molecule has 0 saturated carbocycles. The molecule has 0 aromatic carbocycles. The molecular formula is C21H28N2O8. The molecule has 10 nitrogen and oxygen atoms in total. The first kappa shape index (κ1) is 22.2. The second kappa shape index (κ2) is 8.50. The normalized spacial score (nSPS) is 32.9.